The van der Waals surface area contributed by atoms with Crippen LogP contribution in [-0.4, -0.2) is 73.5 Å². The molecule has 3 fully saturated rings. The molecule has 8 rings (SSSR count). The number of carbonyl (C=O) groups is 3. The molecule has 5 aromatic rings. The number of imide groups is 1. The standard InChI is InChI=1S/C38H42N8O6/c1-44-34-25(4-3-5-29(34)46(38(44)50)30-10-11-33(47)43-36(30)49)23-12-16-45(17-13-23)21-22-6-8-24(9-7-22)37-42-27-18-31(51-2)26(19-32(27)52-37)41-35(48)28-20-39-14-15-40-28/h3-5,14-15,18-20,22-24,30H,6-13,16-17,21H2,1-2H3,(H,41,48)(H,43,47,49). The summed E-state index contributed by atoms with van der Waals surface area (Å²) < 4.78 is 15.0. The number of aryl methyl sites for hydroxylation is 1. The van der Waals surface area contributed by atoms with Crippen LogP contribution >= 0.6 is 0 Å². The molecule has 270 valence electrons. The molecule has 0 spiro atoms. The molecule has 0 bridgehead atoms. The van der Waals surface area contributed by atoms with Crippen molar-refractivity contribution < 1.29 is 23.5 Å². The molecule has 5 heterocycles. The van der Waals surface area contributed by atoms with Crippen molar-refractivity contribution in [1.29, 1.82) is 0 Å². The number of rotatable bonds is 8. The Morgan fingerprint density at radius 2 is 1.83 bits per heavy atom. The minimum Gasteiger partial charge on any atom is -0.494 e. The van der Waals surface area contributed by atoms with Crippen LogP contribution in [0.2, 0.25) is 0 Å². The molecule has 2 saturated heterocycles. The van der Waals surface area contributed by atoms with Crippen molar-refractivity contribution in [3.05, 3.63) is 76.6 Å². The Bertz CT molecular complexity index is 2210. The Kier molecular flexibility index (Phi) is 9.08. The second kappa shape index (κ2) is 14.0. The number of para-hydroxylation sites is 1. The predicted octanol–water partition coefficient (Wildman–Crippen LogP) is 4.66. The van der Waals surface area contributed by atoms with Gasteiger partial charge in [0.25, 0.3) is 5.91 Å². The maximum Gasteiger partial charge on any atom is 0.329 e. The van der Waals surface area contributed by atoms with E-state index in [1.165, 1.54) is 18.6 Å². The first-order chi connectivity index (χ1) is 25.3. The van der Waals surface area contributed by atoms with E-state index >= 15 is 0 Å². The van der Waals surface area contributed by atoms with Gasteiger partial charge in [0.15, 0.2) is 11.5 Å². The number of imidazole rings is 1. The van der Waals surface area contributed by atoms with Crippen LogP contribution in [0.15, 0.2) is 58.1 Å². The molecular weight excluding hydrogens is 664 g/mol. The molecule has 0 radical (unpaired) electrons. The lowest BCUT2D eigenvalue weighted by Gasteiger charge is -2.36. The summed E-state index contributed by atoms with van der Waals surface area (Å²) in [4.78, 5) is 66.0. The highest BCUT2D eigenvalue weighted by molar-refractivity contribution is 6.04. The van der Waals surface area contributed by atoms with Gasteiger partial charge >= 0.3 is 5.69 Å². The number of piperidine rings is 2. The number of hydrogen-bond acceptors (Lipinski definition) is 10. The molecule has 52 heavy (non-hydrogen) atoms. The third kappa shape index (κ3) is 6.35. The van der Waals surface area contributed by atoms with Gasteiger partial charge in [0.1, 0.15) is 23.0 Å². The predicted molar refractivity (Wildman–Crippen MR) is 192 cm³/mol. The van der Waals surface area contributed by atoms with Crippen LogP contribution in [0.25, 0.3) is 22.1 Å². The number of nitrogens with zero attached hydrogens (tertiary/aromatic N) is 6. The molecule has 14 heteroatoms. The van der Waals surface area contributed by atoms with Crippen molar-refractivity contribution in [3.8, 4) is 5.75 Å². The third-order valence-electron chi connectivity index (χ3n) is 11.2. The Labute approximate surface area is 299 Å². The number of anilines is 1. The van der Waals surface area contributed by atoms with Gasteiger partial charge in [-0.05, 0) is 81.5 Å². The van der Waals surface area contributed by atoms with E-state index in [9.17, 15) is 19.2 Å². The van der Waals surface area contributed by atoms with Crippen LogP contribution < -0.4 is 21.1 Å². The highest BCUT2D eigenvalue weighted by Gasteiger charge is 2.33. The lowest BCUT2D eigenvalue weighted by molar-refractivity contribution is -0.135. The van der Waals surface area contributed by atoms with Gasteiger partial charge < -0.3 is 19.4 Å². The topological polar surface area (TPSA) is 166 Å². The fourth-order valence-electron chi connectivity index (χ4n) is 8.43. The first-order valence-electron chi connectivity index (χ1n) is 18.1. The van der Waals surface area contributed by atoms with E-state index in [2.05, 4.69) is 31.6 Å². The van der Waals surface area contributed by atoms with E-state index in [0.29, 0.717) is 40.8 Å². The zero-order chi connectivity index (χ0) is 35.9. The first kappa shape index (κ1) is 33.8. The number of oxazole rings is 1. The Morgan fingerprint density at radius 1 is 1.02 bits per heavy atom. The number of fused-ring (bicyclic) bond motifs is 2. The summed E-state index contributed by atoms with van der Waals surface area (Å²) >= 11 is 0. The monoisotopic (exact) mass is 706 g/mol. The largest absolute Gasteiger partial charge is 0.494 e. The maximum absolute atomic E-state index is 13.4. The molecule has 3 amide bonds. The van der Waals surface area contributed by atoms with Gasteiger partial charge in [-0.3, -0.25) is 33.8 Å². The second-order valence-electron chi connectivity index (χ2n) is 14.3. The zero-order valence-corrected chi connectivity index (χ0v) is 29.3. The molecule has 1 saturated carbocycles. The zero-order valence-electron chi connectivity index (χ0n) is 29.3. The minimum absolute atomic E-state index is 0.203. The second-order valence-corrected chi connectivity index (χ2v) is 14.3. The van der Waals surface area contributed by atoms with Gasteiger partial charge in [0.05, 0.1) is 30.0 Å². The van der Waals surface area contributed by atoms with Crippen molar-refractivity contribution in [1.82, 2.24) is 34.3 Å². The van der Waals surface area contributed by atoms with Gasteiger partial charge in [-0.15, -0.1) is 0 Å². The Hall–Kier alpha value is -5.37. The molecule has 1 atom stereocenters. The SMILES string of the molecule is COc1cc2nc(C3CCC(CN4CCC(c5cccc6c5n(C)c(=O)n6C5CCC(=O)NC5=O)CC4)CC3)oc2cc1NC(=O)c1cnccn1. The van der Waals surface area contributed by atoms with Crippen LogP contribution in [-0.2, 0) is 16.6 Å². The van der Waals surface area contributed by atoms with E-state index < -0.39 is 11.9 Å². The van der Waals surface area contributed by atoms with E-state index in [1.807, 2.05) is 12.1 Å². The van der Waals surface area contributed by atoms with Gasteiger partial charge in [-0.25, -0.2) is 14.8 Å². The van der Waals surface area contributed by atoms with Crippen LogP contribution in [0.5, 0.6) is 5.75 Å². The molecule has 1 unspecified atom stereocenters. The quantitative estimate of drug-likeness (QED) is 0.217. The summed E-state index contributed by atoms with van der Waals surface area (Å²) in [6.07, 6.45) is 11.1. The number of carbonyl (C=O) groups excluding carboxylic acids is 3. The number of methoxy groups -OCH3 is 1. The minimum atomic E-state index is -0.685. The molecule has 14 nitrogen and oxygen atoms in total. The number of hydrogen-bond donors (Lipinski definition) is 2. The van der Waals surface area contributed by atoms with Crippen molar-refractivity contribution in [2.24, 2.45) is 13.0 Å². The highest BCUT2D eigenvalue weighted by atomic mass is 16.5. The van der Waals surface area contributed by atoms with Crippen molar-refractivity contribution in [2.75, 3.05) is 32.1 Å². The molecular formula is C38H42N8O6. The van der Waals surface area contributed by atoms with Gasteiger partial charge in [-0.1, -0.05) is 12.1 Å². The summed E-state index contributed by atoms with van der Waals surface area (Å²) in [5.41, 5.74) is 4.53. The molecule has 3 aliphatic rings. The van der Waals surface area contributed by atoms with Crippen LogP contribution in [0.1, 0.15) is 91.2 Å². The molecule has 1 aliphatic carbocycles. The smallest absolute Gasteiger partial charge is 0.329 e. The van der Waals surface area contributed by atoms with Crippen LogP contribution in [0.4, 0.5) is 5.69 Å². The normalized spacial score (nSPS) is 21.8. The van der Waals surface area contributed by atoms with Gasteiger partial charge in [0, 0.05) is 50.5 Å². The maximum atomic E-state index is 13.4. The average Bonchev–Trinajstić information content (AvgIpc) is 3.69. The highest BCUT2D eigenvalue weighted by Crippen LogP contribution is 2.40. The van der Waals surface area contributed by atoms with E-state index in [0.717, 1.165) is 80.6 Å². The number of amides is 3. The molecule has 3 aromatic heterocycles. The fourth-order valence-corrected chi connectivity index (χ4v) is 8.43. The van der Waals surface area contributed by atoms with Crippen LogP contribution in [0, 0.1) is 5.92 Å². The number of aromatic nitrogens is 5. The van der Waals surface area contributed by atoms with E-state index in [1.54, 1.807) is 35.4 Å². The van der Waals surface area contributed by atoms with Crippen LogP contribution in [0.3, 0.4) is 0 Å². The summed E-state index contributed by atoms with van der Waals surface area (Å²) in [5, 5.41) is 5.24. The number of ether oxygens (including phenoxy) is 1. The Balaban J connectivity index is 0.880. The van der Waals surface area contributed by atoms with Crippen molar-refractivity contribution in [3.63, 3.8) is 0 Å². The summed E-state index contributed by atoms with van der Waals surface area (Å²) in [5.74, 6) is 1.27. The molecule has 2 aromatic carbocycles. The van der Waals surface area contributed by atoms with Gasteiger partial charge in [0.2, 0.25) is 11.8 Å². The lowest BCUT2D eigenvalue weighted by Crippen LogP contribution is -2.44. The number of benzene rings is 2. The molecule has 2 N–H and O–H groups in total. The fraction of sp³-hybridized carbons (Fsp3) is 0.447. The summed E-state index contributed by atoms with van der Waals surface area (Å²) in [6, 6.07) is 8.87. The number of nitrogens with one attached hydrogen (secondary N) is 2. The summed E-state index contributed by atoms with van der Waals surface area (Å²) in [7, 11) is 3.33. The third-order valence-corrected chi connectivity index (χ3v) is 11.2. The van der Waals surface area contributed by atoms with E-state index in [4.69, 9.17) is 14.1 Å². The lowest BCUT2D eigenvalue weighted by atomic mass is 9.81. The summed E-state index contributed by atoms with van der Waals surface area (Å²) in [6.45, 7) is 3.05. The van der Waals surface area contributed by atoms with Gasteiger partial charge in [-0.2, -0.15) is 0 Å². The first-order valence-corrected chi connectivity index (χ1v) is 18.1. The van der Waals surface area contributed by atoms with Crippen molar-refractivity contribution >= 4 is 45.5 Å². The van der Waals surface area contributed by atoms with Crippen molar-refractivity contribution in [2.45, 2.75) is 69.2 Å². The molecule has 2 aliphatic heterocycles. The van der Waals surface area contributed by atoms with E-state index in [-0.39, 0.29) is 35.5 Å². The number of likely N-dealkylation sites (tertiary alicyclic amines) is 1. The Morgan fingerprint density at radius 3 is 2.56 bits per heavy atom. The average molecular weight is 707 g/mol.